The lowest BCUT2D eigenvalue weighted by atomic mass is 10.1. The number of aromatic nitrogens is 1. The Kier molecular flexibility index (Phi) is 6.49. The molecule has 6 nitrogen and oxygen atoms in total. The number of amides is 1. The van der Waals surface area contributed by atoms with Crippen LogP contribution in [0.5, 0.6) is 5.75 Å². The molecule has 1 amide bonds. The minimum absolute atomic E-state index is 0.204. The number of fused-ring (bicyclic) bond motifs is 1. The second kappa shape index (κ2) is 9.33. The van der Waals surface area contributed by atoms with Gasteiger partial charge in [-0.15, -0.1) is 0 Å². The number of anilines is 1. The Labute approximate surface area is 197 Å². The highest BCUT2D eigenvalue weighted by molar-refractivity contribution is 7.92. The molecule has 0 spiro atoms. The van der Waals surface area contributed by atoms with E-state index in [1.807, 2.05) is 48.5 Å². The second-order valence-electron chi connectivity index (χ2n) is 7.83. The Morgan fingerprint density at radius 2 is 1.73 bits per heavy atom. The largest absolute Gasteiger partial charge is 0.497 e. The van der Waals surface area contributed by atoms with Crippen molar-refractivity contribution in [2.75, 3.05) is 12.0 Å². The van der Waals surface area contributed by atoms with Crippen molar-refractivity contribution in [2.24, 2.45) is 0 Å². The van der Waals surface area contributed by atoms with E-state index in [0.717, 1.165) is 15.8 Å². The van der Waals surface area contributed by atoms with Crippen LogP contribution in [0.15, 0.2) is 77.7 Å². The van der Waals surface area contributed by atoms with Gasteiger partial charge in [0.2, 0.25) is 0 Å². The van der Waals surface area contributed by atoms with E-state index < -0.39 is 15.1 Å². The van der Waals surface area contributed by atoms with Crippen molar-refractivity contribution in [2.45, 2.75) is 30.5 Å². The number of benzene rings is 3. The first-order valence-corrected chi connectivity index (χ1v) is 12.8. The minimum Gasteiger partial charge on any atom is -0.497 e. The van der Waals surface area contributed by atoms with Crippen LogP contribution in [-0.4, -0.2) is 31.7 Å². The predicted molar refractivity (Wildman–Crippen MR) is 132 cm³/mol. The highest BCUT2D eigenvalue weighted by Gasteiger charge is 2.24. The third kappa shape index (κ3) is 4.77. The first-order valence-electron chi connectivity index (χ1n) is 10.4. The molecule has 0 aliphatic heterocycles. The predicted octanol–water partition coefficient (Wildman–Crippen LogP) is 5.33. The number of hydrogen-bond acceptors (Lipinski definition) is 6. The van der Waals surface area contributed by atoms with Gasteiger partial charge in [0.25, 0.3) is 5.91 Å². The van der Waals surface area contributed by atoms with Crippen molar-refractivity contribution in [1.29, 1.82) is 0 Å². The lowest BCUT2D eigenvalue weighted by Gasteiger charge is -2.20. The molecule has 0 radical (unpaired) electrons. The summed E-state index contributed by atoms with van der Waals surface area (Å²) in [7, 11) is -1.81. The Bertz CT molecular complexity index is 1380. The number of carbonyl (C=O) groups is 1. The molecule has 0 aliphatic carbocycles. The van der Waals surface area contributed by atoms with Gasteiger partial charge < -0.3 is 4.74 Å². The molecule has 1 aromatic heterocycles. The quantitative estimate of drug-likeness (QED) is 0.357. The first-order chi connectivity index (χ1) is 15.8. The zero-order valence-electron chi connectivity index (χ0n) is 18.6. The lowest BCUT2D eigenvalue weighted by molar-refractivity contribution is 0.0985. The van der Waals surface area contributed by atoms with E-state index in [-0.39, 0.29) is 10.8 Å². The molecule has 8 heteroatoms. The topological polar surface area (TPSA) is 76.6 Å². The molecule has 0 aliphatic rings. The van der Waals surface area contributed by atoms with Crippen LogP contribution in [0.25, 0.3) is 10.2 Å². The molecule has 0 N–H and O–H groups in total. The van der Waals surface area contributed by atoms with Crippen LogP contribution < -0.4 is 9.64 Å². The fourth-order valence-corrected chi connectivity index (χ4v) is 5.35. The van der Waals surface area contributed by atoms with E-state index in [1.54, 1.807) is 38.0 Å². The van der Waals surface area contributed by atoms with Crippen LogP contribution in [0.3, 0.4) is 0 Å². The summed E-state index contributed by atoms with van der Waals surface area (Å²) in [6.07, 6.45) is 0. The fraction of sp³-hybridized carbons (Fsp3) is 0.200. The van der Waals surface area contributed by atoms with Gasteiger partial charge in [0.15, 0.2) is 15.0 Å². The van der Waals surface area contributed by atoms with Crippen LogP contribution in [0.1, 0.15) is 29.8 Å². The van der Waals surface area contributed by atoms with E-state index in [2.05, 4.69) is 0 Å². The molecule has 170 valence electrons. The standard InChI is InChI=1S/C25H24N2O4S2/c1-17(2)33(29,30)21-12-9-19(10-13-21)24(28)27(16-18-7-5-4-6-8-18)25-26-22-15-20(31-3)11-14-23(22)32-25/h4-15,17H,16H2,1-3H3. The van der Waals surface area contributed by atoms with Crippen molar-refractivity contribution in [3.8, 4) is 5.75 Å². The third-order valence-electron chi connectivity index (χ3n) is 5.29. The van der Waals surface area contributed by atoms with Crippen LogP contribution in [0, 0.1) is 0 Å². The zero-order valence-corrected chi connectivity index (χ0v) is 20.2. The molecule has 4 aromatic rings. The Hall–Kier alpha value is -3.23. The molecule has 0 atom stereocenters. The van der Waals surface area contributed by atoms with E-state index in [0.29, 0.717) is 23.0 Å². The van der Waals surface area contributed by atoms with Crippen molar-refractivity contribution in [1.82, 2.24) is 4.98 Å². The molecule has 0 saturated heterocycles. The van der Waals surface area contributed by atoms with Gasteiger partial charge >= 0.3 is 0 Å². The number of sulfone groups is 1. The monoisotopic (exact) mass is 480 g/mol. The van der Waals surface area contributed by atoms with E-state index in [9.17, 15) is 13.2 Å². The molecule has 1 heterocycles. The maximum atomic E-state index is 13.6. The summed E-state index contributed by atoms with van der Waals surface area (Å²) in [6, 6.07) is 21.4. The second-order valence-corrected chi connectivity index (χ2v) is 11.3. The Balaban J connectivity index is 1.72. The van der Waals surface area contributed by atoms with Gasteiger partial charge in [-0.3, -0.25) is 9.69 Å². The van der Waals surface area contributed by atoms with Crippen molar-refractivity contribution < 1.29 is 17.9 Å². The SMILES string of the molecule is COc1ccc2sc(N(Cc3ccccc3)C(=O)c3ccc(S(=O)(=O)C(C)C)cc3)nc2c1. The average molecular weight is 481 g/mol. The molecule has 4 rings (SSSR count). The molecular weight excluding hydrogens is 456 g/mol. The third-order valence-corrected chi connectivity index (χ3v) is 8.52. The molecule has 0 saturated carbocycles. The highest BCUT2D eigenvalue weighted by Crippen LogP contribution is 2.33. The van der Waals surface area contributed by atoms with Gasteiger partial charge in [0.05, 0.1) is 34.0 Å². The molecule has 0 unspecified atom stereocenters. The van der Waals surface area contributed by atoms with Gasteiger partial charge in [-0.05, 0) is 55.8 Å². The molecule has 0 fully saturated rings. The number of nitrogens with zero attached hydrogens (tertiary/aromatic N) is 2. The summed E-state index contributed by atoms with van der Waals surface area (Å²) >= 11 is 1.42. The Morgan fingerprint density at radius 3 is 2.36 bits per heavy atom. The van der Waals surface area contributed by atoms with Gasteiger partial charge in [0.1, 0.15) is 5.75 Å². The summed E-state index contributed by atoms with van der Waals surface area (Å²) in [6.45, 7) is 3.61. The van der Waals surface area contributed by atoms with Crippen LogP contribution >= 0.6 is 11.3 Å². The van der Waals surface area contributed by atoms with Crippen molar-refractivity contribution in [3.05, 3.63) is 83.9 Å². The number of hydrogen-bond donors (Lipinski definition) is 0. The molecule has 0 bridgehead atoms. The summed E-state index contributed by atoms with van der Waals surface area (Å²) in [5, 5.41) is 0.0272. The van der Waals surface area contributed by atoms with Crippen LogP contribution in [-0.2, 0) is 16.4 Å². The van der Waals surface area contributed by atoms with E-state index in [1.165, 1.54) is 23.5 Å². The lowest BCUT2D eigenvalue weighted by Crippen LogP contribution is -2.30. The zero-order chi connectivity index (χ0) is 23.6. The average Bonchev–Trinajstić information content (AvgIpc) is 3.25. The molecule has 33 heavy (non-hydrogen) atoms. The van der Waals surface area contributed by atoms with Crippen LogP contribution in [0.4, 0.5) is 5.13 Å². The number of rotatable bonds is 7. The molecular formula is C25H24N2O4S2. The number of ether oxygens (including phenoxy) is 1. The number of thiazole rings is 1. The van der Waals surface area contributed by atoms with E-state index in [4.69, 9.17) is 9.72 Å². The summed E-state index contributed by atoms with van der Waals surface area (Å²) in [5.41, 5.74) is 2.10. The maximum Gasteiger partial charge on any atom is 0.260 e. The first kappa shape index (κ1) is 22.9. The summed E-state index contributed by atoms with van der Waals surface area (Å²) in [4.78, 5) is 20.1. The summed E-state index contributed by atoms with van der Waals surface area (Å²) in [5.74, 6) is 0.445. The highest BCUT2D eigenvalue weighted by atomic mass is 32.2. The smallest absolute Gasteiger partial charge is 0.260 e. The fourth-order valence-electron chi connectivity index (χ4n) is 3.34. The summed E-state index contributed by atoms with van der Waals surface area (Å²) < 4.78 is 31.1. The van der Waals surface area contributed by atoms with Crippen molar-refractivity contribution >= 4 is 42.4 Å². The van der Waals surface area contributed by atoms with Crippen molar-refractivity contribution in [3.63, 3.8) is 0 Å². The Morgan fingerprint density at radius 1 is 1.03 bits per heavy atom. The van der Waals surface area contributed by atoms with Gasteiger partial charge in [-0.2, -0.15) is 0 Å². The van der Waals surface area contributed by atoms with Gasteiger partial charge in [-0.1, -0.05) is 41.7 Å². The number of carbonyl (C=O) groups excluding carboxylic acids is 1. The minimum atomic E-state index is -3.41. The maximum absolute atomic E-state index is 13.6. The number of methoxy groups -OCH3 is 1. The molecule has 3 aromatic carbocycles. The normalized spacial score (nSPS) is 11.6. The van der Waals surface area contributed by atoms with Gasteiger partial charge in [-0.25, -0.2) is 13.4 Å². The van der Waals surface area contributed by atoms with Gasteiger partial charge in [0, 0.05) is 11.6 Å². The van der Waals surface area contributed by atoms with E-state index >= 15 is 0 Å². The van der Waals surface area contributed by atoms with Crippen LogP contribution in [0.2, 0.25) is 0 Å².